The van der Waals surface area contributed by atoms with Crippen molar-refractivity contribution in [2.24, 2.45) is 0 Å². The molecular formula is C19H16N4O4S. The number of nitro groups is 1. The van der Waals surface area contributed by atoms with Crippen molar-refractivity contribution in [1.82, 2.24) is 5.32 Å². The summed E-state index contributed by atoms with van der Waals surface area (Å²) in [6.07, 6.45) is 0. The first-order valence-electron chi connectivity index (χ1n) is 8.26. The predicted octanol–water partition coefficient (Wildman–Crippen LogP) is 4.23. The average molecular weight is 396 g/mol. The Labute approximate surface area is 164 Å². The third-order valence-electron chi connectivity index (χ3n) is 3.73. The Morgan fingerprint density at radius 1 is 0.929 bits per heavy atom. The average Bonchev–Trinajstić information content (AvgIpc) is 3.15. The summed E-state index contributed by atoms with van der Waals surface area (Å²) < 4.78 is 0. The van der Waals surface area contributed by atoms with E-state index in [4.69, 9.17) is 0 Å². The number of urea groups is 1. The summed E-state index contributed by atoms with van der Waals surface area (Å²) >= 11 is 1.11. The molecule has 3 aromatic rings. The number of benzene rings is 2. The number of rotatable bonds is 6. The molecule has 0 atom stereocenters. The molecule has 0 radical (unpaired) electrons. The van der Waals surface area contributed by atoms with E-state index in [0.717, 1.165) is 11.3 Å². The number of nitrogens with zero attached hydrogens (tertiary/aromatic N) is 1. The second-order valence-corrected chi connectivity index (χ2v) is 6.76. The standard InChI is InChI=1S/C19H16N4O4S/c24-18(20-12-13-6-4-5-9-15(13)23(26)27)16-10-11-17(28-16)22-19(25)21-14-7-2-1-3-8-14/h1-11H,12H2,(H,20,24)(H2,21,22,25). The lowest BCUT2D eigenvalue weighted by Crippen LogP contribution is -2.22. The van der Waals surface area contributed by atoms with Crippen LogP contribution in [0.5, 0.6) is 0 Å². The molecule has 1 heterocycles. The highest BCUT2D eigenvalue weighted by atomic mass is 32.1. The summed E-state index contributed by atoms with van der Waals surface area (Å²) in [4.78, 5) is 35.2. The molecule has 2 aromatic carbocycles. The Kier molecular flexibility index (Phi) is 5.97. The molecule has 3 amide bonds. The number of nitrogens with one attached hydrogen (secondary N) is 3. The number of carbonyl (C=O) groups excluding carboxylic acids is 2. The zero-order chi connectivity index (χ0) is 19.9. The normalized spacial score (nSPS) is 10.1. The van der Waals surface area contributed by atoms with Crippen molar-refractivity contribution in [2.75, 3.05) is 10.6 Å². The first kappa shape index (κ1) is 19.1. The van der Waals surface area contributed by atoms with E-state index >= 15 is 0 Å². The smallest absolute Gasteiger partial charge is 0.324 e. The molecule has 1 aromatic heterocycles. The Morgan fingerprint density at radius 2 is 1.64 bits per heavy atom. The molecule has 0 unspecified atom stereocenters. The molecule has 28 heavy (non-hydrogen) atoms. The van der Waals surface area contributed by atoms with Crippen LogP contribution in [0.15, 0.2) is 66.7 Å². The molecule has 0 aliphatic heterocycles. The third kappa shape index (κ3) is 4.92. The number of hydrogen-bond donors (Lipinski definition) is 3. The van der Waals surface area contributed by atoms with Crippen LogP contribution in [0.2, 0.25) is 0 Å². The predicted molar refractivity (Wildman–Crippen MR) is 108 cm³/mol. The minimum absolute atomic E-state index is 0.0329. The Balaban J connectivity index is 1.57. The highest BCUT2D eigenvalue weighted by molar-refractivity contribution is 7.18. The van der Waals surface area contributed by atoms with Crippen LogP contribution in [0.3, 0.4) is 0 Å². The van der Waals surface area contributed by atoms with Gasteiger partial charge in [0.2, 0.25) is 0 Å². The molecule has 142 valence electrons. The van der Waals surface area contributed by atoms with E-state index in [1.54, 1.807) is 54.6 Å². The summed E-state index contributed by atoms with van der Waals surface area (Å²) in [6, 6.07) is 18.0. The molecule has 0 aliphatic carbocycles. The fraction of sp³-hybridized carbons (Fsp3) is 0.0526. The van der Waals surface area contributed by atoms with E-state index < -0.39 is 11.0 Å². The van der Waals surface area contributed by atoms with Gasteiger partial charge in [0.1, 0.15) is 0 Å². The van der Waals surface area contributed by atoms with Crippen molar-refractivity contribution in [3.8, 4) is 0 Å². The lowest BCUT2D eigenvalue weighted by atomic mass is 10.2. The zero-order valence-corrected chi connectivity index (χ0v) is 15.4. The van der Waals surface area contributed by atoms with Gasteiger partial charge in [0.25, 0.3) is 11.6 Å². The largest absolute Gasteiger partial charge is 0.347 e. The van der Waals surface area contributed by atoms with Gasteiger partial charge in [0.05, 0.1) is 14.8 Å². The van der Waals surface area contributed by atoms with Crippen LogP contribution in [0.4, 0.5) is 21.2 Å². The van der Waals surface area contributed by atoms with Crippen molar-refractivity contribution >= 4 is 39.7 Å². The van der Waals surface area contributed by atoms with Crippen molar-refractivity contribution < 1.29 is 14.5 Å². The van der Waals surface area contributed by atoms with Crippen LogP contribution in [0.25, 0.3) is 0 Å². The Hall–Kier alpha value is -3.72. The van der Waals surface area contributed by atoms with Crippen LogP contribution in [-0.4, -0.2) is 16.9 Å². The fourth-order valence-electron chi connectivity index (χ4n) is 2.42. The molecule has 0 saturated carbocycles. The second kappa shape index (κ2) is 8.78. The quantitative estimate of drug-likeness (QED) is 0.427. The number of thiophene rings is 1. The van der Waals surface area contributed by atoms with Gasteiger partial charge >= 0.3 is 6.03 Å². The summed E-state index contributed by atoms with van der Waals surface area (Å²) in [5.74, 6) is -0.375. The van der Waals surface area contributed by atoms with E-state index in [2.05, 4.69) is 16.0 Å². The minimum atomic E-state index is -0.486. The summed E-state index contributed by atoms with van der Waals surface area (Å²) in [7, 11) is 0. The topological polar surface area (TPSA) is 113 Å². The lowest BCUT2D eigenvalue weighted by Gasteiger charge is -2.06. The third-order valence-corrected chi connectivity index (χ3v) is 4.73. The second-order valence-electron chi connectivity index (χ2n) is 5.68. The maximum Gasteiger partial charge on any atom is 0.324 e. The van der Waals surface area contributed by atoms with E-state index in [1.807, 2.05) is 6.07 Å². The van der Waals surface area contributed by atoms with Crippen LogP contribution in [0.1, 0.15) is 15.2 Å². The van der Waals surface area contributed by atoms with Crippen molar-refractivity contribution in [3.05, 3.63) is 87.3 Å². The van der Waals surface area contributed by atoms with Gasteiger partial charge in [-0.05, 0) is 24.3 Å². The van der Waals surface area contributed by atoms with Gasteiger partial charge in [-0.1, -0.05) is 36.4 Å². The van der Waals surface area contributed by atoms with Gasteiger partial charge < -0.3 is 10.6 Å². The van der Waals surface area contributed by atoms with E-state index in [1.165, 1.54) is 6.07 Å². The first-order chi connectivity index (χ1) is 13.5. The SMILES string of the molecule is O=C(Nc1ccccc1)Nc1ccc(C(=O)NCc2ccccc2[N+](=O)[O-])s1. The molecule has 0 bridgehead atoms. The summed E-state index contributed by atoms with van der Waals surface area (Å²) in [6.45, 7) is 0.0329. The molecule has 3 N–H and O–H groups in total. The van der Waals surface area contributed by atoms with Gasteiger partial charge in [0, 0.05) is 23.9 Å². The van der Waals surface area contributed by atoms with Crippen LogP contribution in [-0.2, 0) is 6.54 Å². The number of anilines is 2. The van der Waals surface area contributed by atoms with Crippen LogP contribution in [0, 0.1) is 10.1 Å². The Morgan fingerprint density at radius 3 is 2.39 bits per heavy atom. The fourth-order valence-corrected chi connectivity index (χ4v) is 3.24. The van der Waals surface area contributed by atoms with Crippen molar-refractivity contribution in [1.29, 1.82) is 0 Å². The number of carbonyl (C=O) groups is 2. The maximum absolute atomic E-state index is 12.3. The maximum atomic E-state index is 12.3. The van der Waals surface area contributed by atoms with E-state index in [9.17, 15) is 19.7 Å². The number of amides is 3. The zero-order valence-electron chi connectivity index (χ0n) is 14.5. The number of para-hydroxylation sites is 2. The van der Waals surface area contributed by atoms with Gasteiger partial charge in [-0.25, -0.2) is 4.79 Å². The highest BCUT2D eigenvalue weighted by Gasteiger charge is 2.15. The summed E-state index contributed by atoms with van der Waals surface area (Å²) in [5, 5.41) is 19.5. The molecule has 0 saturated heterocycles. The number of nitro benzene ring substituents is 1. The van der Waals surface area contributed by atoms with Gasteiger partial charge in [-0.2, -0.15) is 0 Å². The highest BCUT2D eigenvalue weighted by Crippen LogP contribution is 2.23. The molecule has 0 spiro atoms. The first-order valence-corrected chi connectivity index (χ1v) is 9.08. The van der Waals surface area contributed by atoms with Gasteiger partial charge in [-0.15, -0.1) is 11.3 Å². The van der Waals surface area contributed by atoms with Gasteiger partial charge in [-0.3, -0.25) is 20.2 Å². The van der Waals surface area contributed by atoms with Crippen LogP contribution >= 0.6 is 11.3 Å². The molecule has 0 aliphatic rings. The van der Waals surface area contributed by atoms with Crippen molar-refractivity contribution in [2.45, 2.75) is 6.54 Å². The molecule has 0 fully saturated rings. The van der Waals surface area contributed by atoms with Crippen LogP contribution < -0.4 is 16.0 Å². The van der Waals surface area contributed by atoms with Gasteiger partial charge in [0.15, 0.2) is 0 Å². The lowest BCUT2D eigenvalue weighted by molar-refractivity contribution is -0.385. The Bertz CT molecular complexity index is 1000. The minimum Gasteiger partial charge on any atom is -0.347 e. The molecule has 3 rings (SSSR count). The molecule has 9 heteroatoms. The monoisotopic (exact) mass is 396 g/mol. The number of hydrogen-bond acceptors (Lipinski definition) is 5. The molecule has 8 nitrogen and oxygen atoms in total. The van der Waals surface area contributed by atoms with Crippen molar-refractivity contribution in [3.63, 3.8) is 0 Å². The van der Waals surface area contributed by atoms with E-state index in [-0.39, 0.29) is 18.1 Å². The van der Waals surface area contributed by atoms with E-state index in [0.29, 0.717) is 21.1 Å². The summed E-state index contributed by atoms with van der Waals surface area (Å²) in [5.41, 5.74) is 1.02. The molecular weight excluding hydrogens is 380 g/mol.